The summed E-state index contributed by atoms with van der Waals surface area (Å²) in [5, 5.41) is 1.80. The Hall–Kier alpha value is -2.83. The molecule has 1 atom stereocenters. The smallest absolute Gasteiger partial charge is 0.320 e. The largest absolute Gasteiger partial charge is 0.371 e. The average molecular weight is 384 g/mol. The first-order valence-corrected chi connectivity index (χ1v) is 8.86. The molecule has 0 fully saturated rings. The summed E-state index contributed by atoms with van der Waals surface area (Å²) in [5.74, 6) is 0.474. The summed E-state index contributed by atoms with van der Waals surface area (Å²) in [7, 11) is 0. The summed E-state index contributed by atoms with van der Waals surface area (Å²) in [5.41, 5.74) is 5.95. The highest BCUT2D eigenvalue weighted by Gasteiger charge is 2.31. The second-order valence-electron chi connectivity index (χ2n) is 6.64. The Morgan fingerprint density at radius 2 is 2.19 bits per heavy atom. The number of aliphatic imine (C=N–C) groups is 1. The van der Waals surface area contributed by atoms with Gasteiger partial charge in [-0.25, -0.2) is 5.48 Å². The van der Waals surface area contributed by atoms with Gasteiger partial charge < -0.3 is 14.6 Å². The number of fused-ring (bicyclic) bond motifs is 1. The van der Waals surface area contributed by atoms with Gasteiger partial charge in [0.15, 0.2) is 5.84 Å². The van der Waals surface area contributed by atoms with Gasteiger partial charge in [-0.1, -0.05) is 35.9 Å². The Balaban J connectivity index is 1.70. The highest BCUT2D eigenvalue weighted by molar-refractivity contribution is 6.31. The maximum atomic E-state index is 10.4. The van der Waals surface area contributed by atoms with Gasteiger partial charge in [-0.15, -0.1) is 0 Å². The molecule has 2 heterocycles. The van der Waals surface area contributed by atoms with Crippen LogP contribution in [0.5, 0.6) is 0 Å². The summed E-state index contributed by atoms with van der Waals surface area (Å²) in [6.07, 6.45) is 0. The van der Waals surface area contributed by atoms with Gasteiger partial charge in [0, 0.05) is 21.6 Å². The molecule has 0 aliphatic carbocycles. The molecule has 0 radical (unpaired) electrons. The minimum Gasteiger partial charge on any atom is -0.371 e. The summed E-state index contributed by atoms with van der Waals surface area (Å²) in [6.45, 7) is 3.01. The molecular weight excluding hydrogens is 366 g/mol. The topological polar surface area (TPSA) is 75.7 Å². The fourth-order valence-corrected chi connectivity index (χ4v) is 3.45. The number of hydrogen-bond acceptors (Lipinski definition) is 5. The molecule has 1 aromatic heterocycles. The summed E-state index contributed by atoms with van der Waals surface area (Å²) >= 11 is 6.08. The molecule has 0 amide bonds. The Labute approximate surface area is 161 Å². The molecule has 0 saturated carbocycles. The predicted molar refractivity (Wildman–Crippen MR) is 105 cm³/mol. The van der Waals surface area contributed by atoms with Crippen molar-refractivity contribution >= 4 is 34.8 Å². The minimum absolute atomic E-state index is 0.270. The van der Waals surface area contributed by atoms with Gasteiger partial charge in [0.25, 0.3) is 0 Å². The molecule has 0 saturated heterocycles. The van der Waals surface area contributed by atoms with Crippen LogP contribution in [-0.4, -0.2) is 30.5 Å². The molecular formula is C20H18ClN3O3. The van der Waals surface area contributed by atoms with E-state index in [1.165, 1.54) is 0 Å². The van der Waals surface area contributed by atoms with Gasteiger partial charge in [-0.05, 0) is 42.3 Å². The van der Waals surface area contributed by atoms with Crippen LogP contribution in [0.15, 0.2) is 53.5 Å². The van der Waals surface area contributed by atoms with Gasteiger partial charge in [0.05, 0.1) is 6.61 Å². The zero-order valence-electron chi connectivity index (χ0n) is 14.7. The lowest BCUT2D eigenvalue weighted by Gasteiger charge is -2.31. The van der Waals surface area contributed by atoms with Crippen LogP contribution in [0, 0.1) is 0 Å². The van der Waals surface area contributed by atoms with Gasteiger partial charge in [-0.3, -0.25) is 9.79 Å². The number of aromatic nitrogens is 1. The van der Waals surface area contributed by atoms with E-state index in [0.29, 0.717) is 23.9 Å². The average Bonchev–Trinajstić information content (AvgIpc) is 3.10. The van der Waals surface area contributed by atoms with Gasteiger partial charge in [0.1, 0.15) is 12.1 Å². The lowest BCUT2D eigenvalue weighted by atomic mass is 9.91. The van der Waals surface area contributed by atoms with Gasteiger partial charge in [0.2, 0.25) is 0 Å². The maximum absolute atomic E-state index is 10.4. The number of nitrogens with one attached hydrogen (secondary N) is 2. The zero-order valence-corrected chi connectivity index (χ0v) is 15.4. The zero-order chi connectivity index (χ0) is 18.9. The van der Waals surface area contributed by atoms with Crippen molar-refractivity contribution in [2.24, 2.45) is 4.99 Å². The summed E-state index contributed by atoms with van der Waals surface area (Å²) in [4.78, 5) is 23.1. The molecule has 0 spiro atoms. The number of hydroxylamine groups is 1. The standard InChI is InChI=1S/C20H18ClN3O3/c1-20(11-26-10-19(23-20)24-27-12-25)15-4-2-3-13(7-15)17-8-14-5-6-16(21)9-18(14)22-17/h2-9,12,22H,10-11H2,1H3,(H,23,24). The van der Waals surface area contributed by atoms with Gasteiger partial charge >= 0.3 is 6.47 Å². The van der Waals surface area contributed by atoms with E-state index in [1.54, 1.807) is 0 Å². The van der Waals surface area contributed by atoms with E-state index in [-0.39, 0.29) is 6.61 Å². The number of rotatable bonds is 4. The molecule has 1 aliphatic heterocycles. The lowest BCUT2D eigenvalue weighted by molar-refractivity contribution is -0.132. The first-order chi connectivity index (χ1) is 13.1. The Morgan fingerprint density at radius 1 is 1.30 bits per heavy atom. The molecule has 3 aromatic rings. The van der Waals surface area contributed by atoms with Crippen LogP contribution in [-0.2, 0) is 19.9 Å². The molecule has 1 aliphatic rings. The molecule has 27 heavy (non-hydrogen) atoms. The molecule has 6 nitrogen and oxygen atoms in total. The minimum atomic E-state index is -0.585. The second kappa shape index (κ2) is 7.06. The number of carbonyl (C=O) groups excluding carboxylic acids is 1. The molecule has 138 valence electrons. The number of carbonyl (C=O) groups is 1. The second-order valence-corrected chi connectivity index (χ2v) is 7.07. The highest BCUT2D eigenvalue weighted by atomic mass is 35.5. The van der Waals surface area contributed by atoms with Crippen LogP contribution in [0.1, 0.15) is 12.5 Å². The number of ether oxygens (including phenoxy) is 1. The predicted octanol–water partition coefficient (Wildman–Crippen LogP) is 3.81. The van der Waals surface area contributed by atoms with Crippen molar-refractivity contribution in [2.75, 3.05) is 13.2 Å². The summed E-state index contributed by atoms with van der Waals surface area (Å²) in [6, 6.07) is 16.0. The van der Waals surface area contributed by atoms with E-state index in [0.717, 1.165) is 27.7 Å². The Kier molecular flexibility index (Phi) is 4.59. The van der Waals surface area contributed by atoms with Crippen LogP contribution >= 0.6 is 11.6 Å². The first kappa shape index (κ1) is 17.6. The van der Waals surface area contributed by atoms with Crippen molar-refractivity contribution in [1.82, 2.24) is 10.5 Å². The monoisotopic (exact) mass is 383 g/mol. The summed E-state index contributed by atoms with van der Waals surface area (Å²) < 4.78 is 5.64. The van der Waals surface area contributed by atoms with Gasteiger partial charge in [-0.2, -0.15) is 0 Å². The van der Waals surface area contributed by atoms with Crippen molar-refractivity contribution in [2.45, 2.75) is 12.5 Å². The molecule has 0 bridgehead atoms. The SMILES string of the molecule is CC1(c2cccc(-c3cc4ccc(Cl)cc4[nH]3)c2)COCC(NOC=O)=N1. The van der Waals surface area contributed by atoms with Crippen molar-refractivity contribution in [3.8, 4) is 11.3 Å². The van der Waals surface area contributed by atoms with E-state index in [2.05, 4.69) is 32.4 Å². The van der Waals surface area contributed by atoms with Crippen LogP contribution in [0.3, 0.4) is 0 Å². The Bertz CT molecular complexity index is 1030. The number of nitrogens with zero attached hydrogens (tertiary/aromatic N) is 1. The van der Waals surface area contributed by atoms with Crippen molar-refractivity contribution in [3.05, 3.63) is 59.1 Å². The quantitative estimate of drug-likeness (QED) is 0.530. The third-order valence-electron chi connectivity index (χ3n) is 4.61. The fraction of sp³-hybridized carbons (Fsp3) is 0.200. The van der Waals surface area contributed by atoms with Crippen LogP contribution in [0.4, 0.5) is 0 Å². The number of aromatic amines is 1. The molecule has 1 unspecified atom stereocenters. The normalized spacial score (nSPS) is 19.6. The number of benzene rings is 2. The molecule has 2 N–H and O–H groups in total. The lowest BCUT2D eigenvalue weighted by Crippen LogP contribution is -2.40. The molecule has 4 rings (SSSR count). The van der Waals surface area contributed by atoms with E-state index in [4.69, 9.17) is 16.3 Å². The van der Waals surface area contributed by atoms with Crippen molar-refractivity contribution < 1.29 is 14.4 Å². The fourth-order valence-electron chi connectivity index (χ4n) is 3.28. The van der Waals surface area contributed by atoms with E-state index >= 15 is 0 Å². The molecule has 7 heteroatoms. The maximum Gasteiger partial charge on any atom is 0.320 e. The van der Waals surface area contributed by atoms with Crippen LogP contribution < -0.4 is 5.48 Å². The highest BCUT2D eigenvalue weighted by Crippen LogP contribution is 2.32. The number of halogens is 1. The van der Waals surface area contributed by atoms with E-state index < -0.39 is 5.54 Å². The number of hydrogen-bond donors (Lipinski definition) is 2. The number of H-pyrrole nitrogens is 1. The Morgan fingerprint density at radius 3 is 3.04 bits per heavy atom. The van der Waals surface area contributed by atoms with Crippen LogP contribution in [0.25, 0.3) is 22.2 Å². The van der Waals surface area contributed by atoms with E-state index in [1.807, 2.05) is 43.3 Å². The third-order valence-corrected chi connectivity index (χ3v) is 4.84. The van der Waals surface area contributed by atoms with Crippen LogP contribution in [0.2, 0.25) is 5.02 Å². The van der Waals surface area contributed by atoms with E-state index in [9.17, 15) is 4.79 Å². The van der Waals surface area contributed by atoms with Crippen molar-refractivity contribution in [1.29, 1.82) is 0 Å². The number of amidine groups is 1. The first-order valence-electron chi connectivity index (χ1n) is 8.48. The van der Waals surface area contributed by atoms with Crippen molar-refractivity contribution in [3.63, 3.8) is 0 Å². The molecule has 2 aromatic carbocycles. The third kappa shape index (κ3) is 3.54.